The van der Waals surface area contributed by atoms with E-state index >= 15 is 0 Å². The monoisotopic (exact) mass is 425 g/mol. The number of rotatable bonds is 6. The molecule has 4 aromatic rings. The van der Waals surface area contributed by atoms with Crippen LogP contribution in [0.15, 0.2) is 53.0 Å². The molecular weight excluding hydrogens is 410 g/mol. The maximum Gasteiger partial charge on any atom is 0.231 e. The fraction of sp³-hybridized carbons (Fsp3) is 0.158. The zero-order chi connectivity index (χ0) is 19.6. The van der Waals surface area contributed by atoms with Crippen molar-refractivity contribution in [3.63, 3.8) is 0 Å². The van der Waals surface area contributed by atoms with Crippen LogP contribution >= 0.6 is 23.1 Å². The van der Waals surface area contributed by atoms with Crippen LogP contribution in [-0.4, -0.2) is 38.3 Å². The molecule has 4 heterocycles. The summed E-state index contributed by atoms with van der Waals surface area (Å²) in [6.45, 7) is 0.647. The van der Waals surface area contributed by atoms with Crippen LogP contribution in [0.2, 0.25) is 0 Å². The summed E-state index contributed by atoms with van der Waals surface area (Å²) in [5.74, 6) is 1.55. The molecule has 1 N–H and O–H groups in total. The Bertz CT molecular complexity index is 1180. The molecule has 8 nitrogen and oxygen atoms in total. The number of benzene rings is 1. The van der Waals surface area contributed by atoms with Crippen molar-refractivity contribution in [3.8, 4) is 22.1 Å². The molecule has 1 aromatic carbocycles. The highest BCUT2D eigenvalue weighted by Gasteiger charge is 2.14. The van der Waals surface area contributed by atoms with E-state index < -0.39 is 0 Å². The number of nitrogens with one attached hydrogen (secondary N) is 1. The summed E-state index contributed by atoms with van der Waals surface area (Å²) in [6, 6.07) is 13.4. The lowest BCUT2D eigenvalue weighted by atomic mass is 10.2. The molecule has 10 heteroatoms. The molecular formula is C19H15N5O3S2. The average Bonchev–Trinajstić information content (AvgIpc) is 3.50. The molecule has 0 atom stereocenters. The highest BCUT2D eigenvalue weighted by molar-refractivity contribution is 7.99. The van der Waals surface area contributed by atoms with Crippen LogP contribution in [0.3, 0.4) is 0 Å². The molecule has 3 aromatic heterocycles. The van der Waals surface area contributed by atoms with Crippen molar-refractivity contribution in [2.24, 2.45) is 0 Å². The van der Waals surface area contributed by atoms with Crippen molar-refractivity contribution in [2.45, 2.75) is 11.7 Å². The summed E-state index contributed by atoms with van der Waals surface area (Å²) in [5, 5.41) is 18.4. The van der Waals surface area contributed by atoms with Gasteiger partial charge in [0.25, 0.3) is 0 Å². The molecule has 146 valence electrons. The molecule has 1 aliphatic rings. The Morgan fingerprint density at radius 1 is 1.17 bits per heavy atom. The summed E-state index contributed by atoms with van der Waals surface area (Å²) < 4.78 is 12.3. The number of fused-ring (bicyclic) bond motifs is 2. The zero-order valence-electron chi connectivity index (χ0n) is 15.1. The molecule has 0 spiro atoms. The maximum absolute atomic E-state index is 12.3. The lowest BCUT2D eigenvalue weighted by Crippen LogP contribution is -2.24. The molecule has 29 heavy (non-hydrogen) atoms. The Labute approximate surface area is 173 Å². The predicted octanol–water partition coefficient (Wildman–Crippen LogP) is 2.99. The van der Waals surface area contributed by atoms with Crippen LogP contribution < -0.4 is 14.8 Å². The van der Waals surface area contributed by atoms with Gasteiger partial charge in [0.05, 0.1) is 10.6 Å². The van der Waals surface area contributed by atoms with Gasteiger partial charge in [-0.05, 0) is 41.3 Å². The average molecular weight is 425 g/mol. The van der Waals surface area contributed by atoms with E-state index in [0.717, 1.165) is 21.9 Å². The number of carbonyl (C=O) groups excluding carboxylic acids is 1. The Morgan fingerprint density at radius 2 is 2.10 bits per heavy atom. The number of hydrogen-bond donors (Lipinski definition) is 1. The first-order valence-electron chi connectivity index (χ1n) is 8.81. The Kier molecular flexibility index (Phi) is 4.78. The Hall–Kier alpha value is -3.11. The van der Waals surface area contributed by atoms with Crippen molar-refractivity contribution in [1.82, 2.24) is 25.1 Å². The van der Waals surface area contributed by atoms with Crippen molar-refractivity contribution in [3.05, 3.63) is 53.4 Å². The standard InChI is InChI=1S/C19H15N5O3S2/c25-18(20-9-12-3-5-14-15(8-12)27-11-26-14)10-29-19-22-21-17-6-4-13(23-24(17)19)16-2-1-7-28-16/h1-8H,9-11H2,(H,20,25). The molecule has 0 fully saturated rings. The van der Waals surface area contributed by atoms with Crippen molar-refractivity contribution in [2.75, 3.05) is 12.5 Å². The lowest BCUT2D eigenvalue weighted by Gasteiger charge is -2.06. The molecule has 0 bridgehead atoms. The highest BCUT2D eigenvalue weighted by Crippen LogP contribution is 2.32. The second-order valence-electron chi connectivity index (χ2n) is 6.20. The van der Waals surface area contributed by atoms with Crippen LogP contribution in [0.4, 0.5) is 0 Å². The smallest absolute Gasteiger partial charge is 0.231 e. The van der Waals surface area contributed by atoms with Crippen molar-refractivity contribution in [1.29, 1.82) is 0 Å². The second kappa shape index (κ2) is 7.72. The number of thioether (sulfide) groups is 1. The van der Waals surface area contributed by atoms with E-state index in [-0.39, 0.29) is 18.5 Å². The predicted molar refractivity (Wildman–Crippen MR) is 109 cm³/mol. The van der Waals surface area contributed by atoms with E-state index in [9.17, 15) is 4.79 Å². The summed E-state index contributed by atoms with van der Waals surface area (Å²) in [4.78, 5) is 13.3. The van der Waals surface area contributed by atoms with E-state index in [4.69, 9.17) is 9.47 Å². The van der Waals surface area contributed by atoms with Gasteiger partial charge in [-0.3, -0.25) is 4.79 Å². The topological polar surface area (TPSA) is 90.6 Å². The molecule has 5 rings (SSSR count). The summed E-state index contributed by atoms with van der Waals surface area (Å²) in [6.07, 6.45) is 0. The van der Waals surface area contributed by atoms with E-state index in [1.54, 1.807) is 15.9 Å². The molecule has 0 unspecified atom stereocenters. The van der Waals surface area contributed by atoms with Gasteiger partial charge in [0.1, 0.15) is 5.69 Å². The van der Waals surface area contributed by atoms with Crippen molar-refractivity contribution < 1.29 is 14.3 Å². The van der Waals surface area contributed by atoms with Gasteiger partial charge >= 0.3 is 0 Å². The van der Waals surface area contributed by atoms with E-state index in [1.165, 1.54) is 11.8 Å². The van der Waals surface area contributed by atoms with E-state index in [1.807, 2.05) is 47.8 Å². The molecule has 0 aliphatic carbocycles. The van der Waals surface area contributed by atoms with Crippen LogP contribution in [0, 0.1) is 0 Å². The minimum Gasteiger partial charge on any atom is -0.454 e. The quantitative estimate of drug-likeness (QED) is 0.475. The maximum atomic E-state index is 12.3. The summed E-state index contributed by atoms with van der Waals surface area (Å²) in [5.41, 5.74) is 2.44. The third-order valence-electron chi connectivity index (χ3n) is 4.27. The number of amides is 1. The van der Waals surface area contributed by atoms with Gasteiger partial charge in [0.2, 0.25) is 17.9 Å². The van der Waals surface area contributed by atoms with Gasteiger partial charge in [-0.2, -0.15) is 9.61 Å². The largest absolute Gasteiger partial charge is 0.454 e. The summed E-state index contributed by atoms with van der Waals surface area (Å²) >= 11 is 2.92. The normalized spacial score (nSPS) is 12.4. The number of hydrogen-bond acceptors (Lipinski definition) is 8. The van der Waals surface area contributed by atoms with Crippen LogP contribution in [0.25, 0.3) is 16.2 Å². The first-order chi connectivity index (χ1) is 14.3. The lowest BCUT2D eigenvalue weighted by molar-refractivity contribution is -0.118. The first-order valence-corrected chi connectivity index (χ1v) is 10.7. The van der Waals surface area contributed by atoms with Gasteiger partial charge in [0.15, 0.2) is 17.1 Å². The van der Waals surface area contributed by atoms with Gasteiger partial charge in [0, 0.05) is 6.54 Å². The summed E-state index contributed by atoms with van der Waals surface area (Å²) in [7, 11) is 0. The van der Waals surface area contributed by atoms with E-state index in [0.29, 0.717) is 23.1 Å². The third kappa shape index (κ3) is 3.76. The van der Waals surface area contributed by atoms with Crippen LogP contribution in [0.5, 0.6) is 11.5 Å². The Balaban J connectivity index is 1.22. The van der Waals surface area contributed by atoms with Gasteiger partial charge in [-0.15, -0.1) is 21.5 Å². The molecule has 0 saturated heterocycles. The van der Waals surface area contributed by atoms with Gasteiger partial charge in [-0.1, -0.05) is 23.9 Å². The fourth-order valence-corrected chi connectivity index (χ4v) is 4.26. The van der Waals surface area contributed by atoms with Gasteiger partial charge < -0.3 is 14.8 Å². The van der Waals surface area contributed by atoms with Gasteiger partial charge in [-0.25, -0.2) is 0 Å². The second-order valence-corrected chi connectivity index (χ2v) is 8.09. The molecule has 0 saturated carbocycles. The minimum absolute atomic E-state index is 0.0983. The molecule has 0 radical (unpaired) electrons. The number of aromatic nitrogens is 4. The van der Waals surface area contributed by atoms with Crippen molar-refractivity contribution >= 4 is 34.7 Å². The molecule has 1 aliphatic heterocycles. The zero-order valence-corrected chi connectivity index (χ0v) is 16.7. The SMILES string of the molecule is O=C(CSc1nnc2ccc(-c3cccs3)nn12)NCc1ccc2c(c1)OCO2. The Morgan fingerprint density at radius 3 is 3.00 bits per heavy atom. The highest BCUT2D eigenvalue weighted by atomic mass is 32.2. The fourth-order valence-electron chi connectivity index (χ4n) is 2.85. The first kappa shape index (κ1) is 18.0. The van der Waals surface area contributed by atoms with E-state index in [2.05, 4.69) is 20.6 Å². The molecule has 1 amide bonds. The third-order valence-corrected chi connectivity index (χ3v) is 6.08. The number of carbonyl (C=O) groups is 1. The number of nitrogens with zero attached hydrogens (tertiary/aromatic N) is 4. The van der Waals surface area contributed by atoms with Crippen LogP contribution in [0.1, 0.15) is 5.56 Å². The number of ether oxygens (including phenoxy) is 2. The number of thiophene rings is 1. The van der Waals surface area contributed by atoms with Crippen LogP contribution in [-0.2, 0) is 11.3 Å². The minimum atomic E-state index is -0.0983.